The van der Waals surface area contributed by atoms with E-state index in [9.17, 15) is 14.9 Å². The average Bonchev–Trinajstić information content (AvgIpc) is 3.30. The lowest BCUT2D eigenvalue weighted by molar-refractivity contribution is -0.384. The van der Waals surface area contributed by atoms with Gasteiger partial charge >= 0.3 is 0 Å². The molecular formula is C21H22N6O4. The van der Waals surface area contributed by atoms with Crippen LogP contribution in [0.4, 0.5) is 11.5 Å². The second-order valence-electron chi connectivity index (χ2n) is 7.60. The highest BCUT2D eigenvalue weighted by atomic mass is 16.6. The van der Waals surface area contributed by atoms with Crippen LogP contribution in [0.1, 0.15) is 36.0 Å². The number of aromatic nitrogens is 3. The summed E-state index contributed by atoms with van der Waals surface area (Å²) in [5, 5.41) is 14.8. The molecule has 0 bridgehead atoms. The molecule has 1 amide bonds. The predicted molar refractivity (Wildman–Crippen MR) is 113 cm³/mol. The molecule has 0 N–H and O–H groups in total. The summed E-state index contributed by atoms with van der Waals surface area (Å²) in [7, 11) is 0. The average molecular weight is 422 g/mol. The lowest BCUT2D eigenvalue weighted by Crippen LogP contribution is -2.49. The van der Waals surface area contributed by atoms with Crippen LogP contribution in [0.5, 0.6) is 0 Å². The van der Waals surface area contributed by atoms with Crippen LogP contribution < -0.4 is 4.90 Å². The molecular weight excluding hydrogens is 400 g/mol. The molecule has 0 aliphatic carbocycles. The Morgan fingerprint density at radius 1 is 1.10 bits per heavy atom. The number of nitrogens with zero attached hydrogens (tertiary/aromatic N) is 6. The fourth-order valence-electron chi connectivity index (χ4n) is 3.34. The molecule has 160 valence electrons. The Hall–Kier alpha value is -3.82. The van der Waals surface area contributed by atoms with Crippen LogP contribution in [0, 0.1) is 10.1 Å². The van der Waals surface area contributed by atoms with E-state index < -0.39 is 4.92 Å². The minimum atomic E-state index is -0.479. The number of nitro groups is 1. The summed E-state index contributed by atoms with van der Waals surface area (Å²) in [5.74, 6) is 1.96. The smallest absolute Gasteiger partial charge is 0.269 e. The molecule has 1 aliphatic heterocycles. The first-order valence-corrected chi connectivity index (χ1v) is 10.0. The van der Waals surface area contributed by atoms with Crippen LogP contribution in [0.25, 0.3) is 11.4 Å². The molecule has 1 saturated heterocycles. The number of carbonyl (C=O) groups is 1. The maximum Gasteiger partial charge on any atom is 0.269 e. The van der Waals surface area contributed by atoms with Gasteiger partial charge in [-0.2, -0.15) is 4.98 Å². The van der Waals surface area contributed by atoms with Gasteiger partial charge in [-0.25, -0.2) is 4.98 Å². The fraction of sp³-hybridized carbons (Fsp3) is 0.333. The zero-order chi connectivity index (χ0) is 22.0. The fourth-order valence-corrected chi connectivity index (χ4v) is 3.34. The van der Waals surface area contributed by atoms with Crippen LogP contribution in [0.15, 0.2) is 47.1 Å². The zero-order valence-corrected chi connectivity index (χ0v) is 17.3. The van der Waals surface area contributed by atoms with Crippen molar-refractivity contribution in [1.82, 2.24) is 20.0 Å². The topological polar surface area (TPSA) is 118 Å². The van der Waals surface area contributed by atoms with Gasteiger partial charge in [0.2, 0.25) is 11.7 Å². The minimum Gasteiger partial charge on any atom is -0.353 e. The van der Waals surface area contributed by atoms with Crippen LogP contribution in [0.3, 0.4) is 0 Å². The summed E-state index contributed by atoms with van der Waals surface area (Å²) in [6.07, 6.45) is 1.72. The molecule has 3 aromatic rings. The number of hydrogen-bond acceptors (Lipinski definition) is 8. The van der Waals surface area contributed by atoms with Crippen molar-refractivity contribution in [3.8, 4) is 11.4 Å². The van der Waals surface area contributed by atoms with Crippen molar-refractivity contribution in [3.05, 3.63) is 64.2 Å². The standard InChI is InChI=1S/C21H22N6O4/c1-14(2)20-23-19(24-31-20)16-5-8-18(22-13-16)25-9-11-26(12-10-25)21(28)15-3-6-17(7-4-15)27(29)30/h3-8,13-14H,9-12H2,1-2H3. The van der Waals surface area contributed by atoms with Gasteiger partial charge in [0.25, 0.3) is 11.6 Å². The second-order valence-corrected chi connectivity index (χ2v) is 7.60. The first-order chi connectivity index (χ1) is 14.9. The summed E-state index contributed by atoms with van der Waals surface area (Å²) in [6, 6.07) is 9.51. The highest BCUT2D eigenvalue weighted by Crippen LogP contribution is 2.22. The van der Waals surface area contributed by atoms with Crippen molar-refractivity contribution >= 4 is 17.4 Å². The Morgan fingerprint density at radius 3 is 2.35 bits per heavy atom. The molecule has 0 atom stereocenters. The monoisotopic (exact) mass is 422 g/mol. The molecule has 31 heavy (non-hydrogen) atoms. The molecule has 0 radical (unpaired) electrons. The molecule has 10 nitrogen and oxygen atoms in total. The number of non-ortho nitro benzene ring substituents is 1. The highest BCUT2D eigenvalue weighted by Gasteiger charge is 2.23. The molecule has 0 unspecified atom stereocenters. The van der Waals surface area contributed by atoms with E-state index in [0.717, 1.165) is 11.4 Å². The molecule has 0 saturated carbocycles. The summed E-state index contributed by atoms with van der Waals surface area (Å²) >= 11 is 0. The van der Waals surface area contributed by atoms with Crippen LogP contribution in [0.2, 0.25) is 0 Å². The van der Waals surface area contributed by atoms with Gasteiger partial charge in [0, 0.05) is 61.6 Å². The maximum atomic E-state index is 12.7. The first-order valence-electron chi connectivity index (χ1n) is 10.0. The van der Waals surface area contributed by atoms with Crippen molar-refractivity contribution in [2.24, 2.45) is 0 Å². The van der Waals surface area contributed by atoms with Crippen molar-refractivity contribution in [3.63, 3.8) is 0 Å². The van der Waals surface area contributed by atoms with Crippen LogP contribution in [-0.2, 0) is 0 Å². The summed E-state index contributed by atoms with van der Waals surface area (Å²) in [4.78, 5) is 35.7. The van der Waals surface area contributed by atoms with Gasteiger partial charge in [0.05, 0.1) is 4.92 Å². The summed E-state index contributed by atoms with van der Waals surface area (Å²) in [6.45, 7) is 6.36. The number of amides is 1. The van der Waals surface area contributed by atoms with Crippen molar-refractivity contribution in [2.75, 3.05) is 31.1 Å². The largest absolute Gasteiger partial charge is 0.353 e. The number of hydrogen-bond donors (Lipinski definition) is 0. The SMILES string of the molecule is CC(C)c1nc(-c2ccc(N3CCN(C(=O)c4ccc([N+](=O)[O-])cc4)CC3)nc2)no1. The lowest BCUT2D eigenvalue weighted by atomic mass is 10.1. The Bertz CT molecular complexity index is 1070. The zero-order valence-electron chi connectivity index (χ0n) is 17.3. The number of rotatable bonds is 5. The Kier molecular flexibility index (Phi) is 5.61. The van der Waals surface area contributed by atoms with Gasteiger partial charge < -0.3 is 14.3 Å². The first kappa shape index (κ1) is 20.5. The van der Waals surface area contributed by atoms with Crippen molar-refractivity contribution in [1.29, 1.82) is 0 Å². The number of anilines is 1. The highest BCUT2D eigenvalue weighted by molar-refractivity contribution is 5.94. The van der Waals surface area contributed by atoms with Gasteiger partial charge in [0.1, 0.15) is 5.82 Å². The van der Waals surface area contributed by atoms with E-state index >= 15 is 0 Å². The summed E-state index contributed by atoms with van der Waals surface area (Å²) < 4.78 is 5.25. The third-order valence-corrected chi connectivity index (χ3v) is 5.16. The van der Waals surface area contributed by atoms with Crippen molar-refractivity contribution < 1.29 is 14.2 Å². The van der Waals surface area contributed by atoms with Gasteiger partial charge in [-0.05, 0) is 24.3 Å². The molecule has 4 rings (SSSR count). The number of pyridine rings is 1. The molecule has 1 aliphatic rings. The Balaban J connectivity index is 1.37. The third-order valence-electron chi connectivity index (χ3n) is 5.16. The second kappa shape index (κ2) is 8.50. The molecule has 0 spiro atoms. The van der Waals surface area contributed by atoms with E-state index in [1.807, 2.05) is 26.0 Å². The van der Waals surface area contributed by atoms with E-state index in [2.05, 4.69) is 20.0 Å². The Labute approximate surface area is 178 Å². The quantitative estimate of drug-likeness (QED) is 0.454. The maximum absolute atomic E-state index is 12.7. The molecule has 1 fully saturated rings. The number of piperazine rings is 1. The molecule has 2 aromatic heterocycles. The minimum absolute atomic E-state index is 0.0304. The van der Waals surface area contributed by atoms with E-state index in [4.69, 9.17) is 4.52 Å². The van der Waals surface area contributed by atoms with E-state index in [1.54, 1.807) is 11.1 Å². The normalized spacial score (nSPS) is 14.2. The van der Waals surface area contributed by atoms with E-state index in [1.165, 1.54) is 24.3 Å². The van der Waals surface area contributed by atoms with Crippen LogP contribution in [-0.4, -0.2) is 57.0 Å². The van der Waals surface area contributed by atoms with E-state index in [-0.39, 0.29) is 17.5 Å². The predicted octanol–water partition coefficient (Wildman–Crippen LogP) is 3.13. The Morgan fingerprint density at radius 2 is 1.81 bits per heavy atom. The molecule has 3 heterocycles. The van der Waals surface area contributed by atoms with Gasteiger partial charge in [-0.1, -0.05) is 19.0 Å². The number of nitro benzene ring substituents is 1. The van der Waals surface area contributed by atoms with Gasteiger partial charge in [-0.15, -0.1) is 0 Å². The molecule has 10 heteroatoms. The van der Waals surface area contributed by atoms with E-state index in [0.29, 0.717) is 43.5 Å². The van der Waals surface area contributed by atoms with Crippen molar-refractivity contribution in [2.45, 2.75) is 19.8 Å². The van der Waals surface area contributed by atoms with Crippen LogP contribution >= 0.6 is 0 Å². The molecule has 1 aromatic carbocycles. The lowest BCUT2D eigenvalue weighted by Gasteiger charge is -2.35. The third kappa shape index (κ3) is 4.37. The summed E-state index contributed by atoms with van der Waals surface area (Å²) in [5.41, 5.74) is 1.20. The number of benzene rings is 1. The van der Waals surface area contributed by atoms with Gasteiger partial charge in [-0.3, -0.25) is 14.9 Å². The van der Waals surface area contributed by atoms with Gasteiger partial charge in [0.15, 0.2) is 0 Å². The number of carbonyl (C=O) groups excluding carboxylic acids is 1.